The second kappa shape index (κ2) is 10.4. The Bertz CT molecular complexity index is 998. The monoisotopic (exact) mass is 481 g/mol. The highest BCUT2D eigenvalue weighted by Gasteiger charge is 2.51. The average molecular weight is 481 g/mol. The van der Waals surface area contributed by atoms with Crippen molar-refractivity contribution in [3.8, 4) is 0 Å². The van der Waals surface area contributed by atoms with E-state index in [9.17, 15) is 9.59 Å². The number of hydrogen-bond acceptors (Lipinski definition) is 6. The molecule has 1 saturated heterocycles. The SMILES string of the molecule is CC(C)(C)OC(=O)NC(Cc1ccc(B2OC(C)(C)C(C)(C)O2)cc1)C(=O)OCc1ccccc1. The molecule has 1 N–H and O–H groups in total. The van der Waals surface area contributed by atoms with E-state index in [1.54, 1.807) is 20.8 Å². The van der Waals surface area contributed by atoms with Crippen LogP contribution in [0.5, 0.6) is 0 Å². The van der Waals surface area contributed by atoms with Crippen LogP contribution in [0.15, 0.2) is 54.6 Å². The van der Waals surface area contributed by atoms with Gasteiger partial charge in [-0.05, 0) is 65.1 Å². The number of hydrogen-bond donors (Lipinski definition) is 1. The van der Waals surface area contributed by atoms with Crippen molar-refractivity contribution in [3.63, 3.8) is 0 Å². The van der Waals surface area contributed by atoms with Crippen LogP contribution < -0.4 is 10.8 Å². The first kappa shape index (κ1) is 26.8. The van der Waals surface area contributed by atoms with E-state index in [0.29, 0.717) is 0 Å². The Balaban J connectivity index is 1.70. The van der Waals surface area contributed by atoms with E-state index in [1.807, 2.05) is 82.3 Å². The Kier molecular flexibility index (Phi) is 7.97. The molecule has 2 aromatic rings. The van der Waals surface area contributed by atoms with Gasteiger partial charge in [-0.3, -0.25) is 0 Å². The molecule has 1 amide bonds. The summed E-state index contributed by atoms with van der Waals surface area (Å²) in [5.41, 5.74) is 1.05. The van der Waals surface area contributed by atoms with Gasteiger partial charge >= 0.3 is 19.2 Å². The van der Waals surface area contributed by atoms with E-state index in [-0.39, 0.29) is 13.0 Å². The standard InChI is InChI=1S/C27H36BNO6/c1-25(2,3)33-24(31)29-22(23(30)32-18-20-11-9-8-10-12-20)17-19-13-15-21(16-14-19)28-34-26(4,5)27(6,7)35-28/h8-16,22H,17-18H2,1-7H3,(H,29,31). The average Bonchev–Trinajstić information content (AvgIpc) is 2.98. The zero-order chi connectivity index (χ0) is 25.9. The van der Waals surface area contributed by atoms with Gasteiger partial charge in [0.1, 0.15) is 18.2 Å². The molecular weight excluding hydrogens is 445 g/mol. The zero-order valence-corrected chi connectivity index (χ0v) is 21.7. The van der Waals surface area contributed by atoms with Crippen LogP contribution >= 0.6 is 0 Å². The molecule has 7 nitrogen and oxygen atoms in total. The van der Waals surface area contributed by atoms with Gasteiger partial charge in [-0.1, -0.05) is 54.6 Å². The second-order valence-electron chi connectivity index (χ2n) is 10.8. The molecular formula is C27H36BNO6. The lowest BCUT2D eigenvalue weighted by atomic mass is 9.78. The summed E-state index contributed by atoms with van der Waals surface area (Å²) in [7, 11) is -0.472. The Hall–Kier alpha value is -2.84. The lowest BCUT2D eigenvalue weighted by Gasteiger charge is -2.32. The normalized spacial score (nSPS) is 17.5. The summed E-state index contributed by atoms with van der Waals surface area (Å²) in [5, 5.41) is 2.66. The smallest absolute Gasteiger partial charge is 0.459 e. The lowest BCUT2D eigenvalue weighted by molar-refractivity contribution is -0.147. The minimum atomic E-state index is -0.906. The van der Waals surface area contributed by atoms with Gasteiger partial charge in [0.05, 0.1) is 11.2 Å². The number of esters is 1. The number of rotatable bonds is 7. The molecule has 3 rings (SSSR count). The predicted molar refractivity (Wildman–Crippen MR) is 135 cm³/mol. The van der Waals surface area contributed by atoms with Gasteiger partial charge in [0.2, 0.25) is 0 Å². The molecule has 2 aromatic carbocycles. The molecule has 188 valence electrons. The summed E-state index contributed by atoms with van der Waals surface area (Å²) in [6.07, 6.45) is -0.427. The first-order valence-electron chi connectivity index (χ1n) is 11.9. The molecule has 1 aliphatic rings. The van der Waals surface area contributed by atoms with E-state index in [1.165, 1.54) is 0 Å². The van der Waals surface area contributed by atoms with Crippen molar-refractivity contribution in [2.24, 2.45) is 0 Å². The molecule has 1 heterocycles. The maximum absolute atomic E-state index is 12.9. The Labute approximate surface area is 208 Å². The van der Waals surface area contributed by atoms with Gasteiger partial charge in [-0.15, -0.1) is 0 Å². The molecule has 0 aromatic heterocycles. The van der Waals surface area contributed by atoms with Crippen LogP contribution in [0.2, 0.25) is 0 Å². The second-order valence-corrected chi connectivity index (χ2v) is 10.8. The van der Waals surface area contributed by atoms with Crippen molar-refractivity contribution in [2.45, 2.75) is 84.3 Å². The summed E-state index contributed by atoms with van der Waals surface area (Å²) in [6.45, 7) is 13.5. The van der Waals surface area contributed by atoms with Crippen LogP contribution in [-0.4, -0.2) is 42.0 Å². The number of benzene rings is 2. The maximum atomic E-state index is 12.9. The summed E-state index contributed by atoms with van der Waals surface area (Å²) in [5.74, 6) is -0.533. The first-order chi connectivity index (χ1) is 16.3. The molecule has 1 aliphatic heterocycles. The van der Waals surface area contributed by atoms with Crippen molar-refractivity contribution < 1.29 is 28.4 Å². The number of alkyl carbamates (subject to hydrolysis) is 1. The molecule has 35 heavy (non-hydrogen) atoms. The van der Waals surface area contributed by atoms with Gasteiger partial charge in [0, 0.05) is 6.42 Å². The van der Waals surface area contributed by atoms with Crippen molar-refractivity contribution in [1.29, 1.82) is 0 Å². The first-order valence-corrected chi connectivity index (χ1v) is 11.9. The summed E-state index contributed by atoms with van der Waals surface area (Å²) < 4.78 is 23.1. The molecule has 1 atom stereocenters. The van der Waals surface area contributed by atoms with Gasteiger partial charge in [0.25, 0.3) is 0 Å². The minimum absolute atomic E-state index is 0.118. The Morgan fingerprint density at radius 2 is 1.49 bits per heavy atom. The van der Waals surface area contributed by atoms with Crippen LogP contribution in [0.25, 0.3) is 0 Å². The molecule has 0 bridgehead atoms. The number of ether oxygens (including phenoxy) is 2. The third-order valence-electron chi connectivity index (χ3n) is 6.14. The van der Waals surface area contributed by atoms with Gasteiger partial charge < -0.3 is 24.1 Å². The Morgan fingerprint density at radius 1 is 0.914 bits per heavy atom. The largest absolute Gasteiger partial charge is 0.494 e. The van der Waals surface area contributed by atoms with Crippen molar-refractivity contribution >= 4 is 24.6 Å². The number of carbonyl (C=O) groups is 2. The minimum Gasteiger partial charge on any atom is -0.459 e. The van der Waals surface area contributed by atoms with Crippen LogP contribution in [-0.2, 0) is 36.6 Å². The maximum Gasteiger partial charge on any atom is 0.494 e. The molecule has 0 aliphatic carbocycles. The van der Waals surface area contributed by atoms with Gasteiger partial charge in [-0.25, -0.2) is 9.59 Å². The van der Waals surface area contributed by atoms with Crippen molar-refractivity contribution in [3.05, 3.63) is 65.7 Å². The number of carbonyl (C=O) groups excluding carboxylic acids is 2. The topological polar surface area (TPSA) is 83.1 Å². The lowest BCUT2D eigenvalue weighted by Crippen LogP contribution is -2.45. The van der Waals surface area contributed by atoms with E-state index in [0.717, 1.165) is 16.6 Å². The van der Waals surface area contributed by atoms with E-state index < -0.39 is 42.0 Å². The molecule has 0 radical (unpaired) electrons. The molecule has 0 saturated carbocycles. The highest BCUT2D eigenvalue weighted by molar-refractivity contribution is 6.62. The molecule has 8 heteroatoms. The fraction of sp³-hybridized carbons (Fsp3) is 0.481. The molecule has 1 unspecified atom stereocenters. The van der Waals surface area contributed by atoms with E-state index >= 15 is 0 Å². The van der Waals surface area contributed by atoms with E-state index in [4.69, 9.17) is 18.8 Å². The zero-order valence-electron chi connectivity index (χ0n) is 21.7. The number of amides is 1. The summed E-state index contributed by atoms with van der Waals surface area (Å²) in [4.78, 5) is 25.3. The van der Waals surface area contributed by atoms with Crippen LogP contribution in [0, 0.1) is 0 Å². The summed E-state index contributed by atoms with van der Waals surface area (Å²) in [6, 6.07) is 16.1. The number of nitrogens with one attached hydrogen (secondary N) is 1. The van der Waals surface area contributed by atoms with Crippen LogP contribution in [0.4, 0.5) is 4.79 Å². The Morgan fingerprint density at radius 3 is 2.03 bits per heavy atom. The molecule has 0 spiro atoms. The van der Waals surface area contributed by atoms with Crippen LogP contribution in [0.3, 0.4) is 0 Å². The van der Waals surface area contributed by atoms with Gasteiger partial charge in [-0.2, -0.15) is 0 Å². The third kappa shape index (κ3) is 7.32. The van der Waals surface area contributed by atoms with E-state index in [2.05, 4.69) is 5.32 Å². The summed E-state index contributed by atoms with van der Waals surface area (Å²) >= 11 is 0. The quantitative estimate of drug-likeness (QED) is 0.472. The fourth-order valence-corrected chi connectivity index (χ4v) is 3.50. The molecule has 1 fully saturated rings. The van der Waals surface area contributed by atoms with Crippen molar-refractivity contribution in [1.82, 2.24) is 5.32 Å². The van der Waals surface area contributed by atoms with Gasteiger partial charge in [0.15, 0.2) is 0 Å². The predicted octanol–water partition coefficient (Wildman–Crippen LogP) is 4.17. The third-order valence-corrected chi connectivity index (χ3v) is 6.14. The highest BCUT2D eigenvalue weighted by Crippen LogP contribution is 2.36. The van der Waals surface area contributed by atoms with Crippen LogP contribution in [0.1, 0.15) is 59.6 Å². The van der Waals surface area contributed by atoms with Crippen molar-refractivity contribution in [2.75, 3.05) is 0 Å². The highest BCUT2D eigenvalue weighted by atomic mass is 16.7. The fourth-order valence-electron chi connectivity index (χ4n) is 3.50.